The van der Waals surface area contributed by atoms with Crippen LogP contribution in [0.3, 0.4) is 0 Å². The molecule has 4 bridgehead atoms. The van der Waals surface area contributed by atoms with Gasteiger partial charge in [-0.25, -0.2) is 22.0 Å². The lowest BCUT2D eigenvalue weighted by Gasteiger charge is -2.57. The van der Waals surface area contributed by atoms with Crippen molar-refractivity contribution < 1.29 is 36.3 Å². The molecule has 4 aromatic rings. The number of unbranched alkanes of at least 4 members (excludes halogenated alkanes) is 1. The van der Waals surface area contributed by atoms with Gasteiger partial charge in [-0.05, 0) is 109 Å². The van der Waals surface area contributed by atoms with Gasteiger partial charge in [-0.2, -0.15) is 0 Å². The van der Waals surface area contributed by atoms with Crippen LogP contribution in [0.2, 0.25) is 0 Å². The maximum atomic E-state index is 15.3. The summed E-state index contributed by atoms with van der Waals surface area (Å²) in [5.41, 5.74) is 12.0. The topological polar surface area (TPSA) is 122 Å². The van der Waals surface area contributed by atoms with Crippen molar-refractivity contribution in [3.05, 3.63) is 119 Å². The first-order valence-electron chi connectivity index (χ1n) is 21.2. The zero-order chi connectivity index (χ0) is 42.6. The molecule has 320 valence electrons. The fraction of sp³-hybridized carbons (Fsp3) is 0.468. The van der Waals surface area contributed by atoms with E-state index in [0.29, 0.717) is 55.5 Å². The number of benzene rings is 4. The molecule has 0 heterocycles. The summed E-state index contributed by atoms with van der Waals surface area (Å²) < 4.78 is 73.9. The van der Waals surface area contributed by atoms with Crippen molar-refractivity contribution in [3.8, 4) is 0 Å². The van der Waals surface area contributed by atoms with Crippen LogP contribution in [-0.4, -0.2) is 59.2 Å². The maximum Gasteiger partial charge on any atom is 0.242 e. The van der Waals surface area contributed by atoms with Crippen molar-refractivity contribution in [2.24, 2.45) is 34.6 Å². The highest BCUT2D eigenvalue weighted by atomic mass is 19.2. The second-order valence-electron chi connectivity index (χ2n) is 17.6. The summed E-state index contributed by atoms with van der Waals surface area (Å²) in [5.74, 6) is -10.5. The number of carbonyl (C=O) groups excluding carboxylic acids is 3. The minimum absolute atomic E-state index is 0.0995. The Bertz CT molecular complexity index is 2120. The molecule has 4 aliphatic carbocycles. The summed E-state index contributed by atoms with van der Waals surface area (Å²) in [7, 11) is 0. The lowest BCUT2D eigenvalue weighted by atomic mass is 9.49. The molecule has 13 heteroatoms. The zero-order valence-electron chi connectivity index (χ0n) is 33.8. The summed E-state index contributed by atoms with van der Waals surface area (Å²) in [4.78, 5) is 45.6. The van der Waals surface area contributed by atoms with Crippen LogP contribution in [0.1, 0.15) is 80.9 Å². The molecule has 4 aliphatic rings. The average molecular weight is 832 g/mol. The van der Waals surface area contributed by atoms with E-state index in [1.165, 1.54) is 4.90 Å². The van der Waals surface area contributed by atoms with Gasteiger partial charge in [0.1, 0.15) is 0 Å². The van der Waals surface area contributed by atoms with Gasteiger partial charge in [-0.15, -0.1) is 0 Å². The summed E-state index contributed by atoms with van der Waals surface area (Å²) in [6.45, 7) is -1.44. The Morgan fingerprint density at radius 1 is 0.717 bits per heavy atom. The molecule has 4 aromatic carbocycles. The first kappa shape index (κ1) is 43.2. The first-order chi connectivity index (χ1) is 28.8. The van der Waals surface area contributed by atoms with Crippen LogP contribution < -0.4 is 16.8 Å². The standard InChI is InChI=1S/C47H54F5N5O3/c48-41-37(42(49)44(51)45(52)43(41)50)27-56(25-34-13-8-12-33-11-4-5-14-36(33)34)40(59)28-57(39(58)24-47-21-30-17-31(22-47)19-32(18-30)23-47)26-35(20-29-9-2-1-3-10-29)55-46(60)38(54)15-6-7-16-53/h1-5,8-14,30-32,35,38H,6-7,15-28,53-54H2,(H,55,60)/t30?,31?,32?,35-,38-,47?/m0/s1. The fourth-order valence-electron chi connectivity index (χ4n) is 10.6. The molecule has 0 spiro atoms. The third-order valence-electron chi connectivity index (χ3n) is 13.0. The predicted molar refractivity (Wildman–Crippen MR) is 219 cm³/mol. The number of hydrogen-bond acceptors (Lipinski definition) is 5. The van der Waals surface area contributed by atoms with Crippen LogP contribution in [0.5, 0.6) is 0 Å². The van der Waals surface area contributed by atoms with Gasteiger partial charge in [0, 0.05) is 25.1 Å². The van der Waals surface area contributed by atoms with E-state index in [2.05, 4.69) is 5.32 Å². The summed E-state index contributed by atoms with van der Waals surface area (Å²) in [6.07, 6.45) is 8.46. The molecule has 3 amide bonds. The normalized spacial score (nSPS) is 21.5. The van der Waals surface area contributed by atoms with E-state index in [-0.39, 0.29) is 30.8 Å². The molecule has 0 unspecified atom stereocenters. The van der Waals surface area contributed by atoms with Gasteiger partial charge in [-0.3, -0.25) is 14.4 Å². The average Bonchev–Trinajstić information content (AvgIpc) is 3.22. The molecule has 8 nitrogen and oxygen atoms in total. The molecule has 0 saturated heterocycles. The van der Waals surface area contributed by atoms with Crippen molar-refractivity contribution in [1.82, 2.24) is 15.1 Å². The lowest BCUT2D eigenvalue weighted by Crippen LogP contribution is -2.54. The van der Waals surface area contributed by atoms with Crippen molar-refractivity contribution in [2.75, 3.05) is 19.6 Å². The SMILES string of the molecule is NCCCC[C@H](N)C(=O)N[C@@H](Cc1ccccc1)CN(CC(=O)N(Cc1c(F)c(F)c(F)c(F)c1F)Cc1cccc2ccccc12)C(=O)CC12CC3CC(CC(C3)C1)C2. The van der Waals surface area contributed by atoms with Gasteiger partial charge in [0.2, 0.25) is 23.5 Å². The Kier molecular flexibility index (Phi) is 13.5. The van der Waals surface area contributed by atoms with Crippen LogP contribution in [0, 0.1) is 52.3 Å². The molecule has 60 heavy (non-hydrogen) atoms. The molecular formula is C47H54F5N5O3. The van der Waals surface area contributed by atoms with E-state index in [9.17, 15) is 27.6 Å². The van der Waals surface area contributed by atoms with Crippen LogP contribution in [-0.2, 0) is 33.9 Å². The molecule has 2 atom stereocenters. The van der Waals surface area contributed by atoms with Gasteiger partial charge < -0.3 is 26.6 Å². The monoisotopic (exact) mass is 831 g/mol. The number of rotatable bonds is 18. The summed E-state index contributed by atoms with van der Waals surface area (Å²) in [5, 5.41) is 4.57. The quantitative estimate of drug-likeness (QED) is 0.0411. The number of nitrogens with zero attached hydrogens (tertiary/aromatic N) is 2. The molecule has 8 rings (SSSR count). The maximum absolute atomic E-state index is 15.3. The van der Waals surface area contributed by atoms with Crippen molar-refractivity contribution in [3.63, 3.8) is 0 Å². The molecule has 4 fully saturated rings. The van der Waals surface area contributed by atoms with Crippen LogP contribution >= 0.6 is 0 Å². The van der Waals surface area contributed by atoms with Crippen molar-refractivity contribution in [2.45, 2.75) is 95.8 Å². The molecule has 4 saturated carbocycles. The number of carbonyl (C=O) groups is 3. The van der Waals surface area contributed by atoms with Crippen LogP contribution in [0.15, 0.2) is 72.8 Å². The van der Waals surface area contributed by atoms with Gasteiger partial charge in [0.15, 0.2) is 23.3 Å². The minimum Gasteiger partial charge on any atom is -0.350 e. The molecule has 0 aromatic heterocycles. The molecule has 0 aliphatic heterocycles. The Labute approximate surface area is 347 Å². The Morgan fingerprint density at radius 3 is 1.97 bits per heavy atom. The fourth-order valence-corrected chi connectivity index (χ4v) is 10.6. The van der Waals surface area contributed by atoms with E-state index >= 15 is 8.78 Å². The van der Waals surface area contributed by atoms with Gasteiger partial charge in [0.05, 0.1) is 25.2 Å². The molecular weight excluding hydrogens is 778 g/mol. The van der Waals surface area contributed by atoms with Gasteiger partial charge in [0.25, 0.3) is 0 Å². The summed E-state index contributed by atoms with van der Waals surface area (Å²) in [6, 6.07) is 20.4. The second kappa shape index (κ2) is 18.8. The number of halogens is 5. The Balaban J connectivity index is 1.23. The number of amides is 3. The number of nitrogens with two attached hydrogens (primary N) is 2. The van der Waals surface area contributed by atoms with Crippen molar-refractivity contribution in [1.29, 1.82) is 0 Å². The third kappa shape index (κ3) is 9.84. The zero-order valence-corrected chi connectivity index (χ0v) is 33.8. The van der Waals surface area contributed by atoms with E-state index < -0.39 is 71.6 Å². The predicted octanol–water partition coefficient (Wildman–Crippen LogP) is 7.68. The van der Waals surface area contributed by atoms with Gasteiger partial charge in [-0.1, -0.05) is 79.2 Å². The third-order valence-corrected chi connectivity index (χ3v) is 13.0. The summed E-state index contributed by atoms with van der Waals surface area (Å²) >= 11 is 0. The molecule has 5 N–H and O–H groups in total. The highest BCUT2D eigenvalue weighted by molar-refractivity contribution is 5.88. The Hall–Kier alpha value is -4.88. The highest BCUT2D eigenvalue weighted by Gasteiger charge is 2.52. The van der Waals surface area contributed by atoms with E-state index in [0.717, 1.165) is 59.8 Å². The van der Waals surface area contributed by atoms with E-state index in [4.69, 9.17) is 11.5 Å². The van der Waals surface area contributed by atoms with Crippen LogP contribution in [0.25, 0.3) is 10.8 Å². The number of fused-ring (bicyclic) bond motifs is 1. The second-order valence-corrected chi connectivity index (χ2v) is 17.6. The number of hydrogen-bond donors (Lipinski definition) is 3. The highest BCUT2D eigenvalue weighted by Crippen LogP contribution is 2.61. The smallest absolute Gasteiger partial charge is 0.242 e. The van der Waals surface area contributed by atoms with E-state index in [1.807, 2.05) is 54.6 Å². The van der Waals surface area contributed by atoms with Gasteiger partial charge >= 0.3 is 0 Å². The minimum atomic E-state index is -2.30. The van der Waals surface area contributed by atoms with E-state index in [1.54, 1.807) is 18.2 Å². The Morgan fingerprint density at radius 2 is 1.32 bits per heavy atom. The molecule has 0 radical (unpaired) electrons. The van der Waals surface area contributed by atoms with Crippen molar-refractivity contribution >= 4 is 28.5 Å². The first-order valence-corrected chi connectivity index (χ1v) is 21.2. The van der Waals surface area contributed by atoms with Crippen LogP contribution in [0.4, 0.5) is 22.0 Å². The lowest BCUT2D eigenvalue weighted by molar-refractivity contribution is -0.146. The number of nitrogens with one attached hydrogen (secondary N) is 1. The largest absolute Gasteiger partial charge is 0.350 e.